The third-order valence-corrected chi connectivity index (χ3v) is 4.23. The molecule has 122 valence electrons. The van der Waals surface area contributed by atoms with E-state index in [1.165, 1.54) is 38.0 Å². The van der Waals surface area contributed by atoms with Crippen molar-refractivity contribution in [2.45, 2.75) is 0 Å². The lowest BCUT2D eigenvalue weighted by Gasteiger charge is -2.26. The average Bonchev–Trinajstić information content (AvgIpc) is 2.43. The zero-order chi connectivity index (χ0) is 13.9. The van der Waals surface area contributed by atoms with Gasteiger partial charge in [0.1, 0.15) is 5.69 Å². The van der Waals surface area contributed by atoms with Crippen LogP contribution in [0.1, 0.15) is 0 Å². The van der Waals surface area contributed by atoms with Gasteiger partial charge in [0.25, 0.3) is 0 Å². The van der Waals surface area contributed by atoms with Crippen LogP contribution in [0.5, 0.6) is 0 Å². The molecule has 0 saturated carbocycles. The SMILES string of the molecule is C[N+](C)(C)c1ccc2ccc3cccc4ccc1c2c34.O.O.[Cl-]. The second kappa shape index (κ2) is 6.30. The number of quaternary nitrogens is 1. The van der Waals surface area contributed by atoms with Gasteiger partial charge in [-0.25, -0.2) is 0 Å². The molecule has 4 aromatic carbocycles. The summed E-state index contributed by atoms with van der Waals surface area (Å²) in [5.74, 6) is 0. The van der Waals surface area contributed by atoms with Crippen LogP contribution in [0.15, 0.2) is 54.6 Å². The van der Waals surface area contributed by atoms with E-state index in [1.54, 1.807) is 0 Å². The predicted molar refractivity (Wildman–Crippen MR) is 96.9 cm³/mol. The second-order valence-corrected chi connectivity index (χ2v) is 6.45. The minimum absolute atomic E-state index is 0. The molecule has 0 saturated heterocycles. The molecule has 0 atom stereocenters. The molecule has 0 aliphatic heterocycles. The first-order valence-corrected chi connectivity index (χ1v) is 7.04. The van der Waals surface area contributed by atoms with E-state index in [9.17, 15) is 0 Å². The average molecular weight is 332 g/mol. The molecule has 0 aliphatic rings. The Bertz CT molecular complexity index is 929. The van der Waals surface area contributed by atoms with Crippen molar-refractivity contribution in [3.05, 3.63) is 54.6 Å². The monoisotopic (exact) mass is 331 g/mol. The van der Waals surface area contributed by atoms with E-state index in [4.69, 9.17) is 0 Å². The molecule has 3 nitrogen and oxygen atoms in total. The van der Waals surface area contributed by atoms with E-state index in [2.05, 4.69) is 75.7 Å². The van der Waals surface area contributed by atoms with Gasteiger partial charge in [-0.2, -0.15) is 0 Å². The van der Waals surface area contributed by atoms with Crippen molar-refractivity contribution < 1.29 is 23.4 Å². The zero-order valence-corrected chi connectivity index (χ0v) is 14.3. The first kappa shape index (κ1) is 19.1. The Morgan fingerprint density at radius 3 is 1.65 bits per heavy atom. The summed E-state index contributed by atoms with van der Waals surface area (Å²) in [6.45, 7) is 0. The summed E-state index contributed by atoms with van der Waals surface area (Å²) >= 11 is 0. The summed E-state index contributed by atoms with van der Waals surface area (Å²) < 4.78 is 0.841. The maximum atomic E-state index is 2.28. The topological polar surface area (TPSA) is 63.0 Å². The van der Waals surface area contributed by atoms with E-state index in [-0.39, 0.29) is 23.4 Å². The molecule has 0 bridgehead atoms. The van der Waals surface area contributed by atoms with Gasteiger partial charge < -0.3 is 23.4 Å². The van der Waals surface area contributed by atoms with E-state index in [0.29, 0.717) is 0 Å². The summed E-state index contributed by atoms with van der Waals surface area (Å²) in [6, 6.07) is 20.1. The van der Waals surface area contributed by atoms with Crippen LogP contribution in [0.2, 0.25) is 0 Å². The predicted octanol–water partition coefficient (Wildman–Crippen LogP) is 0.135. The van der Waals surface area contributed by atoms with Gasteiger partial charge in [-0.05, 0) is 33.7 Å². The smallest absolute Gasteiger partial charge is 0.140 e. The van der Waals surface area contributed by atoms with Crippen molar-refractivity contribution in [2.75, 3.05) is 21.1 Å². The third-order valence-electron chi connectivity index (χ3n) is 4.23. The van der Waals surface area contributed by atoms with Gasteiger partial charge >= 0.3 is 0 Å². The Labute approximate surface area is 142 Å². The molecule has 0 unspecified atom stereocenters. The van der Waals surface area contributed by atoms with Gasteiger partial charge in [-0.3, -0.25) is 4.48 Å². The number of hydrogen-bond acceptors (Lipinski definition) is 0. The highest BCUT2D eigenvalue weighted by Crippen LogP contribution is 2.39. The quantitative estimate of drug-likeness (QED) is 0.352. The minimum atomic E-state index is 0. The van der Waals surface area contributed by atoms with Crippen LogP contribution in [0, 0.1) is 0 Å². The lowest BCUT2D eigenvalue weighted by molar-refractivity contribution is -0.00000647. The lowest BCUT2D eigenvalue weighted by Crippen LogP contribution is -3.00. The van der Waals surface area contributed by atoms with Crippen LogP contribution < -0.4 is 16.9 Å². The second-order valence-electron chi connectivity index (χ2n) is 6.45. The first-order chi connectivity index (χ1) is 9.55. The Balaban J connectivity index is 0.000000882. The molecule has 23 heavy (non-hydrogen) atoms. The Morgan fingerprint density at radius 1 is 0.609 bits per heavy atom. The zero-order valence-electron chi connectivity index (χ0n) is 13.5. The first-order valence-electron chi connectivity index (χ1n) is 7.04. The fourth-order valence-corrected chi connectivity index (χ4v) is 3.30. The summed E-state index contributed by atoms with van der Waals surface area (Å²) in [7, 11) is 6.68. The van der Waals surface area contributed by atoms with Gasteiger partial charge in [-0.15, -0.1) is 0 Å². The van der Waals surface area contributed by atoms with Crippen LogP contribution in [-0.4, -0.2) is 32.1 Å². The maximum Gasteiger partial charge on any atom is 0.140 e. The maximum absolute atomic E-state index is 2.28. The van der Waals surface area contributed by atoms with E-state index >= 15 is 0 Å². The molecule has 0 heterocycles. The molecule has 0 radical (unpaired) electrons. The summed E-state index contributed by atoms with van der Waals surface area (Å²) in [4.78, 5) is 0. The standard InChI is InChI=1S/C19H18N.ClH.2H2O/c1-20(2,3)17-12-10-15-8-7-13-5-4-6-14-9-11-16(17)19(15)18(13)14;;;/h4-12H,1-3H3;1H;2*1H2/q+1;;;/p-1. The molecular weight excluding hydrogens is 310 g/mol. The van der Waals surface area contributed by atoms with Crippen molar-refractivity contribution in [2.24, 2.45) is 0 Å². The highest BCUT2D eigenvalue weighted by Gasteiger charge is 2.18. The molecule has 0 aromatic heterocycles. The van der Waals surface area contributed by atoms with Crippen molar-refractivity contribution in [1.29, 1.82) is 0 Å². The van der Waals surface area contributed by atoms with Crippen molar-refractivity contribution in [3.63, 3.8) is 0 Å². The number of benzene rings is 4. The van der Waals surface area contributed by atoms with E-state index < -0.39 is 0 Å². The molecular formula is C19H22ClNO2. The Morgan fingerprint density at radius 2 is 1.09 bits per heavy atom. The number of hydrogen-bond donors (Lipinski definition) is 0. The number of rotatable bonds is 1. The highest BCUT2D eigenvalue weighted by atomic mass is 35.5. The van der Waals surface area contributed by atoms with Crippen LogP contribution in [0.3, 0.4) is 0 Å². The third kappa shape index (κ3) is 2.73. The van der Waals surface area contributed by atoms with Crippen LogP contribution in [0.25, 0.3) is 32.3 Å². The fourth-order valence-electron chi connectivity index (χ4n) is 3.30. The molecule has 4 rings (SSSR count). The lowest BCUT2D eigenvalue weighted by atomic mass is 9.93. The molecule has 4 aromatic rings. The van der Waals surface area contributed by atoms with Crippen molar-refractivity contribution >= 4 is 38.0 Å². The largest absolute Gasteiger partial charge is 1.00 e. The molecule has 0 fully saturated rings. The Kier molecular flexibility index (Phi) is 5.24. The van der Waals surface area contributed by atoms with Crippen LogP contribution >= 0.6 is 0 Å². The Hall–Kier alpha value is -1.91. The van der Waals surface area contributed by atoms with Crippen LogP contribution in [-0.2, 0) is 0 Å². The number of halogens is 1. The minimum Gasteiger partial charge on any atom is -1.00 e. The number of nitrogens with zero attached hydrogens (tertiary/aromatic N) is 1. The van der Waals surface area contributed by atoms with Crippen molar-refractivity contribution in [1.82, 2.24) is 4.48 Å². The van der Waals surface area contributed by atoms with Gasteiger partial charge in [-0.1, -0.05) is 36.4 Å². The van der Waals surface area contributed by atoms with Gasteiger partial charge in [0.2, 0.25) is 0 Å². The summed E-state index contributed by atoms with van der Waals surface area (Å²) in [5, 5.41) is 8.18. The molecule has 0 spiro atoms. The van der Waals surface area contributed by atoms with Gasteiger partial charge in [0.15, 0.2) is 0 Å². The fraction of sp³-hybridized carbons (Fsp3) is 0.158. The van der Waals surface area contributed by atoms with Gasteiger partial charge in [0, 0.05) is 16.8 Å². The highest BCUT2D eigenvalue weighted by molar-refractivity contribution is 6.25. The molecule has 0 aliphatic carbocycles. The van der Waals surface area contributed by atoms with Crippen molar-refractivity contribution in [3.8, 4) is 0 Å². The summed E-state index contributed by atoms with van der Waals surface area (Å²) in [5.41, 5.74) is 1.37. The molecule has 4 heteroatoms. The van der Waals surface area contributed by atoms with E-state index in [0.717, 1.165) is 4.48 Å². The van der Waals surface area contributed by atoms with Crippen LogP contribution in [0.4, 0.5) is 5.69 Å². The van der Waals surface area contributed by atoms with Gasteiger partial charge in [0.05, 0.1) is 21.1 Å². The van der Waals surface area contributed by atoms with E-state index in [1.807, 2.05) is 0 Å². The normalized spacial score (nSPS) is 11.1. The molecule has 0 amide bonds. The molecule has 4 N–H and O–H groups in total. The summed E-state index contributed by atoms with van der Waals surface area (Å²) in [6.07, 6.45) is 0.